The van der Waals surface area contributed by atoms with E-state index in [0.29, 0.717) is 37.3 Å². The third-order valence-corrected chi connectivity index (χ3v) is 5.35. The molecule has 3 N–H and O–H groups in total. The second-order valence-corrected chi connectivity index (χ2v) is 8.95. The van der Waals surface area contributed by atoms with Gasteiger partial charge in [-0.3, -0.25) is 9.59 Å². The van der Waals surface area contributed by atoms with Crippen LogP contribution in [0, 0.1) is 11.2 Å². The number of benzene rings is 3. The number of amides is 2. The largest absolute Gasteiger partial charge is 0.334 e. The smallest absolute Gasteiger partial charge is 0.254 e. The van der Waals surface area contributed by atoms with Gasteiger partial charge in [-0.15, -0.1) is 0 Å². The fourth-order valence-electron chi connectivity index (χ4n) is 3.49. The lowest BCUT2D eigenvalue weighted by molar-refractivity contribution is -0.115. The summed E-state index contributed by atoms with van der Waals surface area (Å²) in [4.78, 5) is 27.1. The van der Waals surface area contributed by atoms with E-state index in [1.807, 2.05) is 68.4 Å². The van der Waals surface area contributed by atoms with Crippen LogP contribution in [0.5, 0.6) is 0 Å². The fraction of sp³-hybridized carbons (Fsp3) is 0.259. The second-order valence-electron chi connectivity index (χ2n) is 8.95. The summed E-state index contributed by atoms with van der Waals surface area (Å²) < 4.78 is 13.7. The maximum atomic E-state index is 13.7. The van der Waals surface area contributed by atoms with Crippen molar-refractivity contribution in [1.29, 1.82) is 0 Å². The van der Waals surface area contributed by atoms with Crippen LogP contribution in [-0.2, 0) is 17.8 Å². The lowest BCUT2D eigenvalue weighted by Crippen LogP contribution is -2.41. The molecule has 0 aromatic heterocycles. The van der Waals surface area contributed by atoms with E-state index in [4.69, 9.17) is 5.73 Å². The molecular formula is C27H30FN3O2. The molecule has 3 rings (SSSR count). The van der Waals surface area contributed by atoms with Crippen molar-refractivity contribution in [2.75, 3.05) is 18.4 Å². The van der Waals surface area contributed by atoms with Crippen LogP contribution in [0.4, 0.5) is 10.1 Å². The lowest BCUT2D eigenvalue weighted by Gasteiger charge is -2.32. The zero-order chi connectivity index (χ0) is 23.8. The zero-order valence-corrected chi connectivity index (χ0v) is 19.1. The first kappa shape index (κ1) is 24.1. The minimum absolute atomic E-state index is 0.0958. The first-order chi connectivity index (χ1) is 15.8. The molecule has 33 heavy (non-hydrogen) atoms. The minimum atomic E-state index is -0.450. The van der Waals surface area contributed by atoms with Crippen molar-refractivity contribution in [2.24, 2.45) is 11.1 Å². The van der Waals surface area contributed by atoms with E-state index in [2.05, 4.69) is 5.32 Å². The molecule has 0 heterocycles. The van der Waals surface area contributed by atoms with Gasteiger partial charge in [-0.25, -0.2) is 4.39 Å². The Bertz CT molecular complexity index is 1080. The van der Waals surface area contributed by atoms with Gasteiger partial charge in [-0.05, 0) is 53.4 Å². The summed E-state index contributed by atoms with van der Waals surface area (Å²) in [6.07, 6.45) is 0.298. The van der Waals surface area contributed by atoms with Gasteiger partial charge in [-0.1, -0.05) is 62.4 Å². The summed E-state index contributed by atoms with van der Waals surface area (Å²) in [5, 5.41) is 2.90. The standard InChI is InChI=1S/C27H30FN3O2/c1-27(2,18-29)19-31(26(33)22-9-6-10-23(28)16-22)17-21-11-13-24(14-12-21)30-25(32)15-20-7-4-3-5-8-20/h3-14,16H,15,17-19,29H2,1-2H3,(H,30,32). The molecule has 5 nitrogen and oxygen atoms in total. The number of nitrogens with two attached hydrogens (primary N) is 1. The number of nitrogens with zero attached hydrogens (tertiary/aromatic N) is 1. The molecule has 2 amide bonds. The van der Waals surface area contributed by atoms with E-state index in [0.717, 1.165) is 11.1 Å². The quantitative estimate of drug-likeness (QED) is 0.502. The second kappa shape index (κ2) is 10.9. The molecule has 0 radical (unpaired) electrons. The van der Waals surface area contributed by atoms with Crippen molar-refractivity contribution in [2.45, 2.75) is 26.8 Å². The van der Waals surface area contributed by atoms with Crippen LogP contribution in [0.15, 0.2) is 78.9 Å². The maximum Gasteiger partial charge on any atom is 0.254 e. The molecule has 0 fully saturated rings. The topological polar surface area (TPSA) is 75.4 Å². The van der Waals surface area contributed by atoms with Gasteiger partial charge in [0, 0.05) is 24.3 Å². The van der Waals surface area contributed by atoms with Crippen LogP contribution in [-0.4, -0.2) is 29.8 Å². The van der Waals surface area contributed by atoms with Crippen LogP contribution in [0.1, 0.15) is 35.3 Å². The van der Waals surface area contributed by atoms with Gasteiger partial charge in [-0.2, -0.15) is 0 Å². The average Bonchev–Trinajstić information content (AvgIpc) is 2.80. The average molecular weight is 448 g/mol. The Morgan fingerprint density at radius 3 is 2.27 bits per heavy atom. The molecule has 0 aliphatic rings. The highest BCUT2D eigenvalue weighted by molar-refractivity contribution is 5.94. The van der Waals surface area contributed by atoms with Crippen molar-refractivity contribution in [1.82, 2.24) is 4.90 Å². The van der Waals surface area contributed by atoms with Gasteiger partial charge in [0.1, 0.15) is 5.82 Å². The first-order valence-corrected chi connectivity index (χ1v) is 10.9. The van der Waals surface area contributed by atoms with Crippen molar-refractivity contribution in [3.63, 3.8) is 0 Å². The number of hydrogen-bond acceptors (Lipinski definition) is 3. The molecule has 3 aromatic rings. The Balaban J connectivity index is 1.70. The SMILES string of the molecule is CC(C)(CN)CN(Cc1ccc(NC(=O)Cc2ccccc2)cc1)C(=O)c1cccc(F)c1. The molecule has 0 aliphatic heterocycles. The number of nitrogens with one attached hydrogen (secondary N) is 1. The monoisotopic (exact) mass is 447 g/mol. The number of halogens is 1. The molecule has 0 atom stereocenters. The highest BCUT2D eigenvalue weighted by Gasteiger charge is 2.25. The molecule has 172 valence electrons. The van der Waals surface area contributed by atoms with E-state index < -0.39 is 5.82 Å². The maximum absolute atomic E-state index is 13.7. The molecule has 0 spiro atoms. The van der Waals surface area contributed by atoms with Gasteiger partial charge < -0.3 is 16.0 Å². The number of carbonyl (C=O) groups excluding carboxylic acids is 2. The van der Waals surface area contributed by atoms with E-state index in [-0.39, 0.29) is 17.2 Å². The third kappa shape index (κ3) is 7.26. The van der Waals surface area contributed by atoms with Gasteiger partial charge in [0.05, 0.1) is 6.42 Å². The Morgan fingerprint density at radius 2 is 1.64 bits per heavy atom. The Hall–Kier alpha value is -3.51. The van der Waals surface area contributed by atoms with E-state index in [1.54, 1.807) is 11.0 Å². The highest BCUT2D eigenvalue weighted by Crippen LogP contribution is 2.21. The van der Waals surface area contributed by atoms with Gasteiger partial charge in [0.2, 0.25) is 5.91 Å². The number of rotatable bonds is 9. The molecule has 6 heteroatoms. The summed E-state index contributed by atoms with van der Waals surface area (Å²) in [5.74, 6) is -0.799. The minimum Gasteiger partial charge on any atom is -0.334 e. The van der Waals surface area contributed by atoms with E-state index in [9.17, 15) is 14.0 Å². The van der Waals surface area contributed by atoms with Crippen LogP contribution in [0.25, 0.3) is 0 Å². The summed E-state index contributed by atoms with van der Waals surface area (Å²) in [6.45, 7) is 5.16. The van der Waals surface area contributed by atoms with Crippen molar-refractivity contribution < 1.29 is 14.0 Å². The van der Waals surface area contributed by atoms with Crippen molar-refractivity contribution in [3.8, 4) is 0 Å². The Morgan fingerprint density at radius 1 is 0.939 bits per heavy atom. The summed E-state index contributed by atoms with van der Waals surface area (Å²) in [6, 6.07) is 22.6. The fourth-order valence-corrected chi connectivity index (χ4v) is 3.49. The molecule has 0 aliphatic carbocycles. The predicted molar refractivity (Wildman–Crippen MR) is 129 cm³/mol. The molecule has 0 saturated carbocycles. The summed E-state index contributed by atoms with van der Waals surface area (Å²) in [5.41, 5.74) is 8.42. The van der Waals surface area contributed by atoms with Crippen LogP contribution in [0.3, 0.4) is 0 Å². The number of hydrogen-bond donors (Lipinski definition) is 2. The Labute approximate surface area is 194 Å². The molecule has 0 saturated heterocycles. The van der Waals surface area contributed by atoms with Gasteiger partial charge >= 0.3 is 0 Å². The van der Waals surface area contributed by atoms with E-state index in [1.165, 1.54) is 18.2 Å². The van der Waals surface area contributed by atoms with E-state index >= 15 is 0 Å². The van der Waals surface area contributed by atoms with Gasteiger partial charge in [0.15, 0.2) is 0 Å². The third-order valence-electron chi connectivity index (χ3n) is 5.35. The lowest BCUT2D eigenvalue weighted by atomic mass is 9.92. The zero-order valence-electron chi connectivity index (χ0n) is 19.1. The van der Waals surface area contributed by atoms with Crippen LogP contribution < -0.4 is 11.1 Å². The molecule has 3 aromatic carbocycles. The number of anilines is 1. The highest BCUT2D eigenvalue weighted by atomic mass is 19.1. The predicted octanol–water partition coefficient (Wildman–Crippen LogP) is 4.63. The summed E-state index contributed by atoms with van der Waals surface area (Å²) >= 11 is 0. The van der Waals surface area contributed by atoms with Gasteiger partial charge in [0.25, 0.3) is 5.91 Å². The number of carbonyl (C=O) groups is 2. The van der Waals surface area contributed by atoms with Crippen LogP contribution >= 0.6 is 0 Å². The Kier molecular flexibility index (Phi) is 7.96. The molecule has 0 unspecified atom stereocenters. The molecule has 0 bridgehead atoms. The van der Waals surface area contributed by atoms with Crippen molar-refractivity contribution >= 4 is 17.5 Å². The van der Waals surface area contributed by atoms with Crippen molar-refractivity contribution in [3.05, 3.63) is 101 Å². The summed E-state index contributed by atoms with van der Waals surface area (Å²) in [7, 11) is 0. The first-order valence-electron chi connectivity index (χ1n) is 10.9. The van der Waals surface area contributed by atoms with Crippen LogP contribution in [0.2, 0.25) is 0 Å². The normalized spacial score (nSPS) is 11.2. The molecular weight excluding hydrogens is 417 g/mol.